The van der Waals surface area contributed by atoms with Crippen molar-refractivity contribution in [3.05, 3.63) is 84.9 Å². The summed E-state index contributed by atoms with van der Waals surface area (Å²) in [5.41, 5.74) is 3.57. The van der Waals surface area contributed by atoms with E-state index in [1.54, 1.807) is 18.2 Å². The first-order valence-corrected chi connectivity index (χ1v) is 7.84. The van der Waals surface area contributed by atoms with Crippen LogP contribution in [0.1, 0.15) is 0 Å². The molecule has 2 heteroatoms. The van der Waals surface area contributed by atoms with E-state index in [2.05, 4.69) is 0 Å². The second-order valence-corrected chi connectivity index (χ2v) is 5.75. The van der Waals surface area contributed by atoms with Crippen LogP contribution in [0.2, 0.25) is 0 Å². The third-order valence-electron chi connectivity index (χ3n) is 4.28. The van der Waals surface area contributed by atoms with Crippen LogP contribution in [-0.4, -0.2) is 10.2 Å². The molecule has 4 aromatic carbocycles. The van der Waals surface area contributed by atoms with Gasteiger partial charge in [-0.2, -0.15) is 0 Å². The fourth-order valence-corrected chi connectivity index (χ4v) is 3.19. The van der Waals surface area contributed by atoms with Crippen LogP contribution in [0.25, 0.3) is 33.0 Å². The van der Waals surface area contributed by atoms with Crippen LogP contribution in [0.4, 0.5) is 0 Å². The molecule has 4 aromatic rings. The minimum atomic E-state index is 0.198. The molecule has 0 fully saturated rings. The summed E-state index contributed by atoms with van der Waals surface area (Å²) in [6, 6.07) is 26.8. The van der Waals surface area contributed by atoms with Gasteiger partial charge in [0.1, 0.15) is 11.5 Å². The van der Waals surface area contributed by atoms with Gasteiger partial charge in [-0.15, -0.1) is 0 Å². The van der Waals surface area contributed by atoms with Crippen LogP contribution in [0.15, 0.2) is 84.9 Å². The average Bonchev–Trinajstić information content (AvgIpc) is 2.63. The normalized spacial score (nSPS) is 10.8. The molecule has 0 spiro atoms. The molecule has 0 saturated carbocycles. The van der Waals surface area contributed by atoms with Crippen molar-refractivity contribution in [1.82, 2.24) is 0 Å². The van der Waals surface area contributed by atoms with Crippen molar-refractivity contribution in [2.75, 3.05) is 0 Å². The van der Waals surface area contributed by atoms with E-state index in [0.717, 1.165) is 27.5 Å². The van der Waals surface area contributed by atoms with E-state index in [4.69, 9.17) is 0 Å². The fraction of sp³-hybridized carbons (Fsp3) is 0. The predicted molar refractivity (Wildman–Crippen MR) is 98.1 cm³/mol. The van der Waals surface area contributed by atoms with Gasteiger partial charge in [-0.1, -0.05) is 72.8 Å². The van der Waals surface area contributed by atoms with Gasteiger partial charge in [0, 0.05) is 10.9 Å². The third-order valence-corrected chi connectivity index (χ3v) is 4.28. The molecule has 0 amide bonds. The maximum atomic E-state index is 10.5. The van der Waals surface area contributed by atoms with E-state index in [-0.39, 0.29) is 11.5 Å². The second-order valence-electron chi connectivity index (χ2n) is 5.75. The van der Waals surface area contributed by atoms with Crippen LogP contribution in [0, 0.1) is 0 Å². The van der Waals surface area contributed by atoms with Crippen LogP contribution in [0.3, 0.4) is 0 Å². The summed E-state index contributed by atoms with van der Waals surface area (Å²) < 4.78 is 0. The number of aromatic hydroxyl groups is 2. The summed E-state index contributed by atoms with van der Waals surface area (Å²) in [6.07, 6.45) is 0. The molecule has 2 nitrogen and oxygen atoms in total. The van der Waals surface area contributed by atoms with Crippen molar-refractivity contribution in [1.29, 1.82) is 0 Å². The van der Waals surface area contributed by atoms with E-state index in [1.807, 2.05) is 66.7 Å². The predicted octanol–water partition coefficient (Wildman–Crippen LogP) is 5.59. The zero-order chi connectivity index (χ0) is 16.5. The molecule has 2 N–H and O–H groups in total. The monoisotopic (exact) mass is 312 g/mol. The molecule has 0 aromatic heterocycles. The summed E-state index contributed by atoms with van der Waals surface area (Å²) in [5.74, 6) is 0.410. The van der Waals surface area contributed by atoms with E-state index >= 15 is 0 Å². The lowest BCUT2D eigenvalue weighted by molar-refractivity contribution is 0.476. The molecule has 0 unspecified atom stereocenters. The summed E-state index contributed by atoms with van der Waals surface area (Å²) in [5, 5.41) is 22.6. The molecule has 4 rings (SSSR count). The molecule has 0 bridgehead atoms. The Labute approximate surface area is 140 Å². The second kappa shape index (κ2) is 5.74. The van der Waals surface area contributed by atoms with Gasteiger partial charge in [0.2, 0.25) is 0 Å². The first kappa shape index (κ1) is 14.3. The van der Waals surface area contributed by atoms with E-state index in [1.165, 1.54) is 0 Å². The van der Waals surface area contributed by atoms with Gasteiger partial charge in [-0.25, -0.2) is 0 Å². The van der Waals surface area contributed by atoms with Gasteiger partial charge in [0.15, 0.2) is 0 Å². The molecular weight excluding hydrogens is 296 g/mol. The first-order chi connectivity index (χ1) is 11.8. The SMILES string of the molecule is Oc1ccccc1-c1cc(O)c2ccccc2c1-c1ccccc1. The lowest BCUT2D eigenvalue weighted by Crippen LogP contribution is -1.89. The molecule has 116 valence electrons. The summed E-state index contributed by atoms with van der Waals surface area (Å²) in [6.45, 7) is 0. The first-order valence-electron chi connectivity index (χ1n) is 7.84. The lowest BCUT2D eigenvalue weighted by atomic mass is 9.89. The standard InChI is InChI=1S/C22H16O2/c23-20-13-7-6-11-17(20)19-14-21(24)16-10-4-5-12-18(16)22(19)15-8-2-1-3-9-15/h1-14,23-24H. The molecule has 0 aliphatic carbocycles. The fourth-order valence-electron chi connectivity index (χ4n) is 3.19. The van der Waals surface area contributed by atoms with Gasteiger partial charge < -0.3 is 10.2 Å². The highest BCUT2D eigenvalue weighted by molar-refractivity contribution is 6.07. The third kappa shape index (κ3) is 2.29. The summed E-state index contributed by atoms with van der Waals surface area (Å²) in [4.78, 5) is 0. The number of phenols is 2. The lowest BCUT2D eigenvalue weighted by Gasteiger charge is -2.16. The van der Waals surface area contributed by atoms with Crippen molar-refractivity contribution in [3.8, 4) is 33.8 Å². The zero-order valence-corrected chi connectivity index (χ0v) is 13.0. The topological polar surface area (TPSA) is 40.5 Å². The molecule has 24 heavy (non-hydrogen) atoms. The van der Waals surface area contributed by atoms with Crippen LogP contribution >= 0.6 is 0 Å². The Morgan fingerprint density at radius 3 is 1.88 bits per heavy atom. The van der Waals surface area contributed by atoms with Crippen molar-refractivity contribution in [2.45, 2.75) is 0 Å². The highest BCUT2D eigenvalue weighted by Crippen LogP contribution is 2.44. The number of phenolic OH excluding ortho intramolecular Hbond substituents is 2. The minimum Gasteiger partial charge on any atom is -0.507 e. The van der Waals surface area contributed by atoms with Gasteiger partial charge in [0.25, 0.3) is 0 Å². The van der Waals surface area contributed by atoms with Gasteiger partial charge >= 0.3 is 0 Å². The Morgan fingerprint density at radius 2 is 1.12 bits per heavy atom. The highest BCUT2D eigenvalue weighted by Gasteiger charge is 2.16. The molecule has 0 atom stereocenters. The summed E-state index contributed by atoms with van der Waals surface area (Å²) in [7, 11) is 0. The molecular formula is C22H16O2. The molecule has 0 heterocycles. The van der Waals surface area contributed by atoms with Crippen molar-refractivity contribution >= 4 is 10.8 Å². The van der Waals surface area contributed by atoms with E-state index < -0.39 is 0 Å². The van der Waals surface area contributed by atoms with E-state index in [9.17, 15) is 10.2 Å². The van der Waals surface area contributed by atoms with Crippen molar-refractivity contribution in [3.63, 3.8) is 0 Å². The Bertz CT molecular complexity index is 1020. The molecule has 0 aliphatic rings. The number of rotatable bonds is 2. The zero-order valence-electron chi connectivity index (χ0n) is 13.0. The Balaban J connectivity index is 2.16. The molecule has 0 radical (unpaired) electrons. The van der Waals surface area contributed by atoms with Gasteiger partial charge in [-0.05, 0) is 34.2 Å². The Kier molecular flexibility index (Phi) is 3.43. The smallest absolute Gasteiger partial charge is 0.124 e. The quantitative estimate of drug-likeness (QED) is 0.507. The maximum absolute atomic E-state index is 10.5. The molecule has 0 saturated heterocycles. The largest absolute Gasteiger partial charge is 0.507 e. The maximum Gasteiger partial charge on any atom is 0.124 e. The summed E-state index contributed by atoms with van der Waals surface area (Å²) >= 11 is 0. The minimum absolute atomic E-state index is 0.198. The van der Waals surface area contributed by atoms with E-state index in [0.29, 0.717) is 5.56 Å². The number of benzene rings is 4. The Morgan fingerprint density at radius 1 is 0.500 bits per heavy atom. The number of fused-ring (bicyclic) bond motifs is 1. The van der Waals surface area contributed by atoms with Crippen LogP contribution < -0.4 is 0 Å². The number of para-hydroxylation sites is 1. The number of hydrogen-bond acceptors (Lipinski definition) is 2. The molecule has 0 aliphatic heterocycles. The Hall–Kier alpha value is -3.26. The van der Waals surface area contributed by atoms with Crippen LogP contribution in [-0.2, 0) is 0 Å². The van der Waals surface area contributed by atoms with Gasteiger partial charge in [0.05, 0.1) is 0 Å². The number of hydrogen-bond donors (Lipinski definition) is 2. The van der Waals surface area contributed by atoms with Crippen LogP contribution in [0.5, 0.6) is 11.5 Å². The average molecular weight is 312 g/mol. The van der Waals surface area contributed by atoms with Gasteiger partial charge in [-0.3, -0.25) is 0 Å². The van der Waals surface area contributed by atoms with Crippen molar-refractivity contribution < 1.29 is 10.2 Å². The highest BCUT2D eigenvalue weighted by atomic mass is 16.3. The van der Waals surface area contributed by atoms with Crippen molar-refractivity contribution in [2.24, 2.45) is 0 Å².